The normalized spacial score (nSPS) is 10.8. The molecule has 28 heavy (non-hydrogen) atoms. The van der Waals surface area contributed by atoms with Gasteiger partial charge in [0.1, 0.15) is 0 Å². The summed E-state index contributed by atoms with van der Waals surface area (Å²) in [5, 5.41) is 3.84. The Labute approximate surface area is 176 Å². The summed E-state index contributed by atoms with van der Waals surface area (Å²) in [4.78, 5) is 28.0. The van der Waals surface area contributed by atoms with Gasteiger partial charge in [-0.2, -0.15) is 0 Å². The minimum Gasteiger partial charge on any atom is -0.340 e. The Morgan fingerprint density at radius 3 is 2.39 bits per heavy atom. The number of hydrogen-bond donors (Lipinski definition) is 1. The number of hydrogen-bond acceptors (Lipinski definition) is 3. The topological polar surface area (TPSA) is 52.7 Å². The van der Waals surface area contributed by atoms with Crippen LogP contribution in [0.25, 0.3) is 0 Å². The molecule has 0 saturated carbocycles. The third-order valence-corrected chi connectivity index (χ3v) is 5.27. The molecule has 5 nitrogen and oxygen atoms in total. The fourth-order valence-electron chi connectivity index (χ4n) is 2.73. The minimum atomic E-state index is -0.156. The highest BCUT2D eigenvalue weighted by atomic mass is 35.5. The van der Waals surface area contributed by atoms with E-state index in [1.165, 1.54) is 0 Å². The smallest absolute Gasteiger partial charge is 0.238 e. The summed E-state index contributed by atoms with van der Waals surface area (Å²) in [6, 6.07) is 11.1. The van der Waals surface area contributed by atoms with E-state index in [0.717, 1.165) is 22.4 Å². The Kier molecular flexibility index (Phi) is 7.87. The standard InChI is InChI=1S/C21H25Cl2N3O2/c1-14-6-5-7-19(15(14)2)24-20(27)12-25(3)13-21(28)26(4)11-16-8-9-17(22)18(23)10-16/h5-10H,11-13H2,1-4H3,(H,24,27). The molecule has 0 aliphatic rings. The molecular formula is C21H25Cl2N3O2. The fourth-order valence-corrected chi connectivity index (χ4v) is 3.05. The summed E-state index contributed by atoms with van der Waals surface area (Å²) in [5.41, 5.74) is 3.84. The zero-order chi connectivity index (χ0) is 20.8. The zero-order valence-corrected chi connectivity index (χ0v) is 18.1. The first kappa shape index (κ1) is 22.2. The van der Waals surface area contributed by atoms with Gasteiger partial charge in [0.2, 0.25) is 11.8 Å². The van der Waals surface area contributed by atoms with Crippen LogP contribution in [0.3, 0.4) is 0 Å². The zero-order valence-electron chi connectivity index (χ0n) is 16.6. The van der Waals surface area contributed by atoms with E-state index >= 15 is 0 Å². The Balaban J connectivity index is 1.86. The lowest BCUT2D eigenvalue weighted by molar-refractivity contribution is -0.131. The molecular weight excluding hydrogens is 397 g/mol. The molecule has 0 aliphatic heterocycles. The van der Waals surface area contributed by atoms with Crippen molar-refractivity contribution in [3.8, 4) is 0 Å². The number of amides is 2. The van der Waals surface area contributed by atoms with Gasteiger partial charge in [0.25, 0.3) is 0 Å². The molecule has 1 N–H and O–H groups in total. The first-order valence-electron chi connectivity index (χ1n) is 8.90. The van der Waals surface area contributed by atoms with Crippen LogP contribution in [-0.4, -0.2) is 48.8 Å². The van der Waals surface area contributed by atoms with Gasteiger partial charge in [-0.15, -0.1) is 0 Å². The lowest BCUT2D eigenvalue weighted by atomic mass is 10.1. The van der Waals surface area contributed by atoms with Crippen molar-refractivity contribution in [1.29, 1.82) is 0 Å². The molecule has 0 heterocycles. The number of benzene rings is 2. The van der Waals surface area contributed by atoms with Crippen LogP contribution in [0.1, 0.15) is 16.7 Å². The molecule has 2 aromatic carbocycles. The maximum Gasteiger partial charge on any atom is 0.238 e. The number of nitrogens with zero attached hydrogens (tertiary/aromatic N) is 2. The number of anilines is 1. The van der Waals surface area contributed by atoms with Gasteiger partial charge in [-0.3, -0.25) is 14.5 Å². The monoisotopic (exact) mass is 421 g/mol. The number of carbonyl (C=O) groups is 2. The van der Waals surface area contributed by atoms with Crippen LogP contribution in [0.5, 0.6) is 0 Å². The van der Waals surface area contributed by atoms with Crippen molar-refractivity contribution >= 4 is 40.7 Å². The van der Waals surface area contributed by atoms with Crippen molar-refractivity contribution in [2.45, 2.75) is 20.4 Å². The van der Waals surface area contributed by atoms with Crippen LogP contribution in [0.4, 0.5) is 5.69 Å². The summed E-state index contributed by atoms with van der Waals surface area (Å²) in [6.45, 7) is 4.64. The van der Waals surface area contributed by atoms with E-state index in [0.29, 0.717) is 16.6 Å². The molecule has 7 heteroatoms. The van der Waals surface area contributed by atoms with Gasteiger partial charge in [-0.1, -0.05) is 41.4 Å². The molecule has 0 radical (unpaired) electrons. The molecule has 2 amide bonds. The number of rotatable bonds is 7. The van der Waals surface area contributed by atoms with E-state index in [1.807, 2.05) is 38.1 Å². The Hall–Kier alpha value is -2.08. The average Bonchev–Trinajstić information content (AvgIpc) is 2.61. The predicted octanol–water partition coefficient (Wildman–Crippen LogP) is 4.14. The van der Waals surface area contributed by atoms with Crippen molar-refractivity contribution in [3.05, 3.63) is 63.1 Å². The van der Waals surface area contributed by atoms with Crippen LogP contribution in [0, 0.1) is 13.8 Å². The summed E-state index contributed by atoms with van der Waals surface area (Å²) in [5.74, 6) is -0.246. The SMILES string of the molecule is Cc1cccc(NC(=O)CN(C)CC(=O)N(C)Cc2ccc(Cl)c(Cl)c2)c1C. The lowest BCUT2D eigenvalue weighted by Crippen LogP contribution is -2.39. The maximum atomic E-state index is 12.4. The van der Waals surface area contributed by atoms with Gasteiger partial charge >= 0.3 is 0 Å². The van der Waals surface area contributed by atoms with Gasteiger partial charge in [0.15, 0.2) is 0 Å². The van der Waals surface area contributed by atoms with Gasteiger partial charge in [-0.05, 0) is 55.8 Å². The predicted molar refractivity (Wildman–Crippen MR) is 115 cm³/mol. The third kappa shape index (κ3) is 6.23. The van der Waals surface area contributed by atoms with Gasteiger partial charge < -0.3 is 10.2 Å². The van der Waals surface area contributed by atoms with Gasteiger partial charge in [0, 0.05) is 19.3 Å². The molecule has 0 fully saturated rings. The Bertz CT molecular complexity index is 871. The Morgan fingerprint density at radius 2 is 1.71 bits per heavy atom. The van der Waals surface area contributed by atoms with E-state index in [1.54, 1.807) is 36.0 Å². The molecule has 0 atom stereocenters. The first-order valence-corrected chi connectivity index (χ1v) is 9.65. The average molecular weight is 422 g/mol. The van der Waals surface area contributed by atoms with Crippen LogP contribution in [-0.2, 0) is 16.1 Å². The second kappa shape index (κ2) is 9.92. The van der Waals surface area contributed by atoms with E-state index in [-0.39, 0.29) is 24.9 Å². The van der Waals surface area contributed by atoms with Gasteiger partial charge in [-0.25, -0.2) is 0 Å². The summed E-state index contributed by atoms with van der Waals surface area (Å²) in [6.07, 6.45) is 0. The van der Waals surface area contributed by atoms with Crippen molar-refractivity contribution in [2.24, 2.45) is 0 Å². The maximum absolute atomic E-state index is 12.4. The van der Waals surface area contributed by atoms with Gasteiger partial charge in [0.05, 0.1) is 23.1 Å². The van der Waals surface area contributed by atoms with Crippen LogP contribution in [0.15, 0.2) is 36.4 Å². The lowest BCUT2D eigenvalue weighted by Gasteiger charge is -2.22. The van der Waals surface area contributed by atoms with Crippen molar-refractivity contribution < 1.29 is 9.59 Å². The van der Waals surface area contributed by atoms with Crippen molar-refractivity contribution in [2.75, 3.05) is 32.5 Å². The second-order valence-electron chi connectivity index (χ2n) is 6.97. The molecule has 150 valence electrons. The second-order valence-corrected chi connectivity index (χ2v) is 7.78. The summed E-state index contributed by atoms with van der Waals surface area (Å²) >= 11 is 11.9. The third-order valence-electron chi connectivity index (χ3n) is 4.53. The Morgan fingerprint density at radius 1 is 1.00 bits per heavy atom. The molecule has 0 spiro atoms. The molecule has 0 unspecified atom stereocenters. The first-order chi connectivity index (χ1) is 13.2. The van der Waals surface area contributed by atoms with E-state index in [4.69, 9.17) is 23.2 Å². The van der Waals surface area contributed by atoms with E-state index in [2.05, 4.69) is 5.32 Å². The number of likely N-dealkylation sites (N-methyl/N-ethyl adjacent to an activating group) is 2. The quantitative estimate of drug-likeness (QED) is 0.730. The number of halogens is 2. The van der Waals surface area contributed by atoms with Crippen LogP contribution < -0.4 is 5.32 Å². The molecule has 0 saturated heterocycles. The van der Waals surface area contributed by atoms with Crippen LogP contribution in [0.2, 0.25) is 10.0 Å². The van der Waals surface area contributed by atoms with Crippen LogP contribution >= 0.6 is 23.2 Å². The largest absolute Gasteiger partial charge is 0.340 e. The molecule has 0 bridgehead atoms. The number of nitrogens with one attached hydrogen (secondary N) is 1. The van der Waals surface area contributed by atoms with Crippen molar-refractivity contribution in [3.63, 3.8) is 0 Å². The number of aryl methyl sites for hydroxylation is 1. The number of carbonyl (C=O) groups excluding carboxylic acids is 2. The fraction of sp³-hybridized carbons (Fsp3) is 0.333. The molecule has 0 aliphatic carbocycles. The molecule has 2 rings (SSSR count). The van der Waals surface area contributed by atoms with Crippen molar-refractivity contribution in [1.82, 2.24) is 9.80 Å². The minimum absolute atomic E-state index is 0.0897. The summed E-state index contributed by atoms with van der Waals surface area (Å²) < 4.78 is 0. The highest BCUT2D eigenvalue weighted by Gasteiger charge is 2.15. The highest BCUT2D eigenvalue weighted by molar-refractivity contribution is 6.42. The molecule has 0 aromatic heterocycles. The highest BCUT2D eigenvalue weighted by Crippen LogP contribution is 2.23. The van der Waals surface area contributed by atoms with E-state index < -0.39 is 0 Å². The molecule has 2 aromatic rings. The summed E-state index contributed by atoms with van der Waals surface area (Å²) in [7, 11) is 3.46. The van der Waals surface area contributed by atoms with E-state index in [9.17, 15) is 9.59 Å².